The highest BCUT2D eigenvalue weighted by molar-refractivity contribution is 6.31. The highest BCUT2D eigenvalue weighted by atomic mass is 35.5. The van der Waals surface area contributed by atoms with Gasteiger partial charge in [0.05, 0.1) is 6.61 Å². The second kappa shape index (κ2) is 7.41. The van der Waals surface area contributed by atoms with Crippen LogP contribution in [0.3, 0.4) is 0 Å². The van der Waals surface area contributed by atoms with Crippen LogP contribution in [0.15, 0.2) is 47.3 Å². The second-order valence-corrected chi connectivity index (χ2v) is 7.62. The van der Waals surface area contributed by atoms with Gasteiger partial charge in [0.2, 0.25) is 0 Å². The van der Waals surface area contributed by atoms with Gasteiger partial charge in [0.15, 0.2) is 0 Å². The molecule has 1 aromatic heterocycles. The number of aliphatic hydroxyl groups excluding tert-OH is 1. The number of pyridine rings is 1. The Hall–Kier alpha value is -2.63. The maximum atomic E-state index is 13.3. The summed E-state index contributed by atoms with van der Waals surface area (Å²) in [6.45, 7) is -0.0970. The van der Waals surface area contributed by atoms with Gasteiger partial charge in [0, 0.05) is 22.0 Å². The van der Waals surface area contributed by atoms with E-state index < -0.39 is 5.97 Å². The summed E-state index contributed by atoms with van der Waals surface area (Å²) in [5, 5.41) is 20.8. The predicted molar refractivity (Wildman–Crippen MR) is 109 cm³/mol. The molecule has 5 nitrogen and oxygen atoms in total. The number of rotatable bonds is 4. The molecule has 0 spiro atoms. The van der Waals surface area contributed by atoms with E-state index in [9.17, 15) is 19.8 Å². The highest BCUT2D eigenvalue weighted by Gasteiger charge is 2.28. The molecule has 6 heteroatoms. The minimum atomic E-state index is -1.13. The number of hydrogen-bond donors (Lipinski definition) is 2. The van der Waals surface area contributed by atoms with Crippen LogP contribution in [0.25, 0.3) is 21.9 Å². The summed E-state index contributed by atoms with van der Waals surface area (Å²) in [4.78, 5) is 25.6. The maximum Gasteiger partial charge on any atom is 0.353 e. The van der Waals surface area contributed by atoms with Crippen molar-refractivity contribution in [3.63, 3.8) is 0 Å². The van der Waals surface area contributed by atoms with Gasteiger partial charge >= 0.3 is 5.97 Å². The zero-order valence-corrected chi connectivity index (χ0v) is 15.9. The predicted octanol–water partition coefficient (Wildman–Crippen LogP) is 4.63. The molecule has 1 aliphatic carbocycles. The van der Waals surface area contributed by atoms with Crippen LogP contribution in [0.5, 0.6) is 0 Å². The van der Waals surface area contributed by atoms with Gasteiger partial charge in [-0.05, 0) is 47.6 Å². The van der Waals surface area contributed by atoms with E-state index in [0.717, 1.165) is 31.2 Å². The van der Waals surface area contributed by atoms with Crippen LogP contribution in [0.1, 0.15) is 47.8 Å². The van der Waals surface area contributed by atoms with Gasteiger partial charge in [-0.2, -0.15) is 0 Å². The molecule has 3 aromatic rings. The number of carboxylic acid groups (broad SMARTS) is 1. The van der Waals surface area contributed by atoms with Crippen LogP contribution in [-0.2, 0) is 6.61 Å². The number of carbonyl (C=O) groups is 1. The third-order valence-corrected chi connectivity index (χ3v) is 5.73. The smallest absolute Gasteiger partial charge is 0.353 e. The van der Waals surface area contributed by atoms with E-state index in [1.165, 1.54) is 4.57 Å². The summed E-state index contributed by atoms with van der Waals surface area (Å²) >= 11 is 6.19. The van der Waals surface area contributed by atoms with Crippen molar-refractivity contribution in [1.29, 1.82) is 0 Å². The molecule has 0 saturated heterocycles. The largest absolute Gasteiger partial charge is 0.477 e. The molecule has 1 heterocycles. The van der Waals surface area contributed by atoms with E-state index >= 15 is 0 Å². The van der Waals surface area contributed by atoms with E-state index in [2.05, 4.69) is 0 Å². The van der Waals surface area contributed by atoms with E-state index in [1.807, 2.05) is 0 Å². The van der Waals surface area contributed by atoms with Crippen molar-refractivity contribution in [2.75, 3.05) is 0 Å². The Morgan fingerprint density at radius 2 is 1.75 bits per heavy atom. The van der Waals surface area contributed by atoms with Crippen LogP contribution in [0.2, 0.25) is 5.02 Å². The molecular weight excluding hydrogens is 378 g/mol. The minimum absolute atomic E-state index is 0.00316. The van der Waals surface area contributed by atoms with Gasteiger partial charge < -0.3 is 10.2 Å². The Balaban J connectivity index is 2.14. The van der Waals surface area contributed by atoms with Gasteiger partial charge in [0.25, 0.3) is 5.56 Å². The second-order valence-electron chi connectivity index (χ2n) is 7.19. The van der Waals surface area contributed by atoms with E-state index in [0.29, 0.717) is 26.9 Å². The molecule has 0 atom stereocenters. The van der Waals surface area contributed by atoms with Crippen molar-refractivity contribution < 1.29 is 15.0 Å². The molecule has 28 heavy (non-hydrogen) atoms. The monoisotopic (exact) mass is 397 g/mol. The summed E-state index contributed by atoms with van der Waals surface area (Å²) in [6, 6.07) is 11.9. The topological polar surface area (TPSA) is 79.5 Å². The average molecular weight is 398 g/mol. The third-order valence-electron chi connectivity index (χ3n) is 5.50. The van der Waals surface area contributed by atoms with E-state index in [4.69, 9.17) is 11.6 Å². The molecular formula is C22H20ClNO4. The number of hydrogen-bond acceptors (Lipinski definition) is 3. The zero-order valence-electron chi connectivity index (χ0n) is 15.2. The van der Waals surface area contributed by atoms with Crippen LogP contribution in [0, 0.1) is 0 Å². The Morgan fingerprint density at radius 1 is 1.07 bits per heavy atom. The Morgan fingerprint density at radius 3 is 2.36 bits per heavy atom. The summed E-state index contributed by atoms with van der Waals surface area (Å²) in [6.07, 6.45) is 3.55. The molecule has 0 radical (unpaired) electrons. The van der Waals surface area contributed by atoms with Crippen LogP contribution >= 0.6 is 11.6 Å². The van der Waals surface area contributed by atoms with Crippen LogP contribution in [0.4, 0.5) is 0 Å². The minimum Gasteiger partial charge on any atom is -0.477 e. The van der Waals surface area contributed by atoms with Gasteiger partial charge in [0.1, 0.15) is 5.69 Å². The number of carboxylic acids is 1. The zero-order chi connectivity index (χ0) is 19.8. The molecule has 4 rings (SSSR count). The summed E-state index contributed by atoms with van der Waals surface area (Å²) in [5.74, 6) is -1.13. The van der Waals surface area contributed by atoms with Crippen LogP contribution in [-0.4, -0.2) is 20.7 Å². The summed E-state index contributed by atoms with van der Waals surface area (Å²) in [7, 11) is 0. The third kappa shape index (κ3) is 3.11. The fourth-order valence-corrected chi connectivity index (χ4v) is 4.35. The normalized spacial score (nSPS) is 14.6. The molecule has 2 aromatic carbocycles. The molecule has 2 N–H and O–H groups in total. The first kappa shape index (κ1) is 18.7. The van der Waals surface area contributed by atoms with Gasteiger partial charge in [-0.3, -0.25) is 9.36 Å². The van der Waals surface area contributed by atoms with E-state index in [1.54, 1.807) is 42.5 Å². The van der Waals surface area contributed by atoms with Crippen molar-refractivity contribution in [1.82, 2.24) is 4.57 Å². The maximum absolute atomic E-state index is 13.3. The number of benzene rings is 2. The van der Waals surface area contributed by atoms with Gasteiger partial charge in [-0.25, -0.2) is 4.79 Å². The number of aromatic nitrogens is 1. The first-order valence-electron chi connectivity index (χ1n) is 9.32. The molecule has 1 saturated carbocycles. The van der Waals surface area contributed by atoms with Crippen molar-refractivity contribution >= 4 is 28.3 Å². The van der Waals surface area contributed by atoms with Crippen molar-refractivity contribution in [3.8, 4) is 11.1 Å². The highest BCUT2D eigenvalue weighted by Crippen LogP contribution is 2.37. The Bertz CT molecular complexity index is 1110. The molecule has 1 aliphatic rings. The first-order valence-corrected chi connectivity index (χ1v) is 9.70. The molecule has 0 amide bonds. The van der Waals surface area contributed by atoms with Crippen molar-refractivity contribution in [2.45, 2.75) is 38.3 Å². The van der Waals surface area contributed by atoms with Crippen molar-refractivity contribution in [2.24, 2.45) is 0 Å². The fraction of sp³-hybridized carbons (Fsp3) is 0.273. The standard InChI is InChI=1S/C22H20ClNO4/c23-15-9-10-17-18(11-15)19(14-7-5-13(12-25)6-8-14)20(22(27)28)24(21(17)26)16-3-1-2-4-16/h5-11,16,25H,1-4,12H2,(H,27,28). The number of aliphatic hydroxyl groups is 1. The Kier molecular flexibility index (Phi) is 4.96. The summed E-state index contributed by atoms with van der Waals surface area (Å²) < 4.78 is 1.47. The number of fused-ring (bicyclic) bond motifs is 1. The lowest BCUT2D eigenvalue weighted by atomic mass is 9.95. The number of halogens is 1. The number of aromatic carboxylic acids is 1. The van der Waals surface area contributed by atoms with E-state index in [-0.39, 0.29) is 23.9 Å². The lowest BCUT2D eigenvalue weighted by molar-refractivity contribution is 0.0682. The molecule has 0 bridgehead atoms. The fourth-order valence-electron chi connectivity index (χ4n) is 4.18. The SMILES string of the molecule is O=C(O)c1c(-c2ccc(CO)cc2)c2cc(Cl)ccc2c(=O)n1C1CCCC1. The number of nitrogens with zero attached hydrogens (tertiary/aromatic N) is 1. The molecule has 144 valence electrons. The molecule has 0 aliphatic heterocycles. The lowest BCUT2D eigenvalue weighted by Gasteiger charge is -2.22. The molecule has 1 fully saturated rings. The van der Waals surface area contributed by atoms with Gasteiger partial charge in [-0.1, -0.05) is 48.7 Å². The van der Waals surface area contributed by atoms with Gasteiger partial charge in [-0.15, -0.1) is 0 Å². The first-order chi connectivity index (χ1) is 13.5. The lowest BCUT2D eigenvalue weighted by Crippen LogP contribution is -2.30. The van der Waals surface area contributed by atoms with Crippen LogP contribution < -0.4 is 5.56 Å². The van der Waals surface area contributed by atoms with Crippen molar-refractivity contribution in [3.05, 3.63) is 69.1 Å². The Labute approximate surface area is 166 Å². The average Bonchev–Trinajstić information content (AvgIpc) is 3.22. The quantitative estimate of drug-likeness (QED) is 0.672. The molecule has 0 unspecified atom stereocenters. The summed E-state index contributed by atoms with van der Waals surface area (Å²) in [5.41, 5.74) is 1.61.